The highest BCUT2D eigenvalue weighted by molar-refractivity contribution is 6.36. The average Bonchev–Trinajstić information content (AvgIpc) is 2.40. The maximum absolute atomic E-state index is 13.9. The number of aromatic carboxylic acids is 1. The summed E-state index contributed by atoms with van der Waals surface area (Å²) in [6.07, 6.45) is 0.605. The number of likely N-dealkylation sites (N-methyl/N-ethyl adjacent to an activating group) is 1. The lowest BCUT2D eigenvalue weighted by Crippen LogP contribution is -2.29. The summed E-state index contributed by atoms with van der Waals surface area (Å²) in [5.41, 5.74) is 1.39. The van der Waals surface area contributed by atoms with Gasteiger partial charge in [0.05, 0.1) is 10.6 Å². The number of hydrogen-bond acceptors (Lipinski definition) is 3. The molecule has 3 rings (SSSR count). The van der Waals surface area contributed by atoms with Crippen molar-refractivity contribution in [3.05, 3.63) is 39.8 Å². The van der Waals surface area contributed by atoms with Crippen LogP contribution in [0.2, 0.25) is 5.02 Å². The van der Waals surface area contributed by atoms with E-state index in [4.69, 9.17) is 11.6 Å². The van der Waals surface area contributed by atoms with Gasteiger partial charge >= 0.3 is 5.97 Å². The summed E-state index contributed by atoms with van der Waals surface area (Å²) in [7, 11) is 1.91. The zero-order chi connectivity index (χ0) is 14.4. The molecule has 0 unspecified atom stereocenters. The van der Waals surface area contributed by atoms with Crippen molar-refractivity contribution in [2.45, 2.75) is 13.0 Å². The summed E-state index contributed by atoms with van der Waals surface area (Å²) in [6.45, 7) is 1.25. The predicted octanol–water partition coefficient (Wildman–Crippen LogP) is 2.71. The van der Waals surface area contributed by atoms with Crippen LogP contribution in [-0.4, -0.2) is 34.6 Å². The third kappa shape index (κ3) is 1.94. The predicted molar refractivity (Wildman–Crippen MR) is 73.7 cm³/mol. The van der Waals surface area contributed by atoms with Gasteiger partial charge in [-0.15, -0.1) is 0 Å². The van der Waals surface area contributed by atoms with Gasteiger partial charge in [-0.1, -0.05) is 11.6 Å². The Labute approximate surface area is 119 Å². The quantitative estimate of drug-likeness (QED) is 0.878. The Balaban J connectivity index is 2.46. The molecule has 4 nitrogen and oxygen atoms in total. The van der Waals surface area contributed by atoms with Crippen LogP contribution in [0.4, 0.5) is 4.39 Å². The maximum atomic E-state index is 13.9. The Bertz CT molecular complexity index is 733. The number of pyridine rings is 1. The molecular weight excluding hydrogens is 283 g/mol. The lowest BCUT2D eigenvalue weighted by molar-refractivity contribution is 0.0696. The minimum absolute atomic E-state index is 0.0400. The monoisotopic (exact) mass is 294 g/mol. The molecule has 0 saturated heterocycles. The normalized spacial score (nSPS) is 15.3. The van der Waals surface area contributed by atoms with Gasteiger partial charge in [-0.2, -0.15) is 0 Å². The number of fused-ring (bicyclic) bond motifs is 2. The summed E-state index contributed by atoms with van der Waals surface area (Å²) in [5, 5.41) is 9.91. The topological polar surface area (TPSA) is 53.4 Å². The Hall–Kier alpha value is -1.72. The van der Waals surface area contributed by atoms with Crippen LogP contribution >= 0.6 is 11.6 Å². The molecule has 0 atom stereocenters. The first-order valence-electron chi connectivity index (χ1n) is 6.20. The van der Waals surface area contributed by atoms with E-state index in [1.807, 2.05) is 11.9 Å². The van der Waals surface area contributed by atoms with Crippen molar-refractivity contribution >= 4 is 28.5 Å². The van der Waals surface area contributed by atoms with Crippen LogP contribution in [0, 0.1) is 5.82 Å². The molecule has 0 bridgehead atoms. The van der Waals surface area contributed by atoms with Gasteiger partial charge in [0.25, 0.3) is 0 Å². The highest BCUT2D eigenvalue weighted by atomic mass is 35.5. The number of nitrogens with zero attached hydrogens (tertiary/aromatic N) is 2. The molecule has 1 N–H and O–H groups in total. The SMILES string of the molecule is CN1CCc2nc3c(F)ccc(Cl)c3c(C(=O)O)c2C1. The van der Waals surface area contributed by atoms with Gasteiger partial charge in [-0.25, -0.2) is 14.2 Å². The second kappa shape index (κ2) is 4.68. The molecule has 1 aliphatic heterocycles. The molecule has 104 valence electrons. The summed E-state index contributed by atoms with van der Waals surface area (Å²) in [6, 6.07) is 2.58. The molecule has 2 heterocycles. The lowest BCUT2D eigenvalue weighted by atomic mass is 9.96. The highest BCUT2D eigenvalue weighted by Gasteiger charge is 2.26. The van der Waals surface area contributed by atoms with Gasteiger partial charge in [0.15, 0.2) is 0 Å². The first kappa shape index (κ1) is 13.3. The molecule has 0 amide bonds. The minimum atomic E-state index is -1.10. The summed E-state index contributed by atoms with van der Waals surface area (Å²) < 4.78 is 13.9. The molecule has 20 heavy (non-hydrogen) atoms. The number of aromatic nitrogens is 1. The van der Waals surface area contributed by atoms with E-state index in [1.54, 1.807) is 0 Å². The van der Waals surface area contributed by atoms with E-state index < -0.39 is 11.8 Å². The maximum Gasteiger partial charge on any atom is 0.336 e. The fraction of sp³-hybridized carbons (Fsp3) is 0.286. The summed E-state index contributed by atoms with van der Waals surface area (Å²) in [5.74, 6) is -1.65. The van der Waals surface area contributed by atoms with E-state index in [0.29, 0.717) is 24.2 Å². The Morgan fingerprint density at radius 2 is 2.25 bits per heavy atom. The Morgan fingerprint density at radius 3 is 2.95 bits per heavy atom. The van der Waals surface area contributed by atoms with Crippen LogP contribution in [-0.2, 0) is 13.0 Å². The fourth-order valence-corrected chi connectivity index (χ4v) is 2.89. The third-order valence-corrected chi connectivity index (χ3v) is 3.91. The first-order valence-corrected chi connectivity index (χ1v) is 6.58. The molecule has 0 fully saturated rings. The minimum Gasteiger partial charge on any atom is -0.478 e. The molecule has 0 radical (unpaired) electrons. The molecule has 0 spiro atoms. The van der Waals surface area contributed by atoms with Crippen LogP contribution in [0.3, 0.4) is 0 Å². The number of hydrogen-bond donors (Lipinski definition) is 1. The van der Waals surface area contributed by atoms with Crippen molar-refractivity contribution in [1.29, 1.82) is 0 Å². The third-order valence-electron chi connectivity index (χ3n) is 3.60. The van der Waals surface area contributed by atoms with E-state index in [0.717, 1.165) is 6.54 Å². The van der Waals surface area contributed by atoms with Gasteiger partial charge in [-0.05, 0) is 19.2 Å². The molecule has 6 heteroatoms. The van der Waals surface area contributed by atoms with Crippen molar-refractivity contribution in [3.63, 3.8) is 0 Å². The van der Waals surface area contributed by atoms with Crippen LogP contribution in [0.5, 0.6) is 0 Å². The zero-order valence-corrected chi connectivity index (χ0v) is 11.5. The number of carboxylic acid groups (broad SMARTS) is 1. The largest absolute Gasteiger partial charge is 0.478 e. The van der Waals surface area contributed by atoms with Crippen LogP contribution < -0.4 is 0 Å². The van der Waals surface area contributed by atoms with Gasteiger partial charge in [0, 0.05) is 36.2 Å². The second-order valence-corrected chi connectivity index (χ2v) is 5.37. The summed E-state index contributed by atoms with van der Waals surface area (Å²) >= 11 is 6.07. The smallest absolute Gasteiger partial charge is 0.336 e. The average molecular weight is 295 g/mol. The molecule has 1 aromatic heterocycles. The van der Waals surface area contributed by atoms with E-state index >= 15 is 0 Å². The summed E-state index contributed by atoms with van der Waals surface area (Å²) in [4.78, 5) is 17.9. The van der Waals surface area contributed by atoms with Crippen molar-refractivity contribution < 1.29 is 14.3 Å². The number of carbonyl (C=O) groups is 1. The standard InChI is InChI=1S/C14H12ClFN2O2/c1-18-5-4-10-7(6-18)11(14(19)20)12-8(15)2-3-9(16)13(12)17-10/h2-3H,4-6H2,1H3,(H,19,20). The van der Waals surface area contributed by atoms with Crippen LogP contribution in [0.15, 0.2) is 12.1 Å². The Kier molecular flexibility index (Phi) is 3.11. The van der Waals surface area contributed by atoms with E-state index in [9.17, 15) is 14.3 Å². The zero-order valence-electron chi connectivity index (χ0n) is 10.8. The van der Waals surface area contributed by atoms with Gasteiger partial charge < -0.3 is 10.0 Å². The molecule has 1 aromatic carbocycles. The fourth-order valence-electron chi connectivity index (χ4n) is 2.64. The number of halogens is 2. The molecule has 1 aliphatic rings. The highest BCUT2D eigenvalue weighted by Crippen LogP contribution is 2.33. The molecular formula is C14H12ClFN2O2. The second-order valence-electron chi connectivity index (χ2n) is 4.96. The van der Waals surface area contributed by atoms with Crippen molar-refractivity contribution in [2.24, 2.45) is 0 Å². The van der Waals surface area contributed by atoms with E-state index in [-0.39, 0.29) is 21.5 Å². The number of rotatable bonds is 1. The van der Waals surface area contributed by atoms with Crippen molar-refractivity contribution in [3.8, 4) is 0 Å². The van der Waals surface area contributed by atoms with Gasteiger partial charge in [-0.3, -0.25) is 0 Å². The lowest BCUT2D eigenvalue weighted by Gasteiger charge is -2.26. The van der Waals surface area contributed by atoms with Crippen molar-refractivity contribution in [2.75, 3.05) is 13.6 Å². The number of benzene rings is 1. The van der Waals surface area contributed by atoms with Gasteiger partial charge in [0.1, 0.15) is 11.3 Å². The van der Waals surface area contributed by atoms with Crippen molar-refractivity contribution in [1.82, 2.24) is 9.88 Å². The molecule has 0 saturated carbocycles. The molecule has 2 aromatic rings. The van der Waals surface area contributed by atoms with Crippen LogP contribution in [0.1, 0.15) is 21.6 Å². The van der Waals surface area contributed by atoms with Crippen LogP contribution in [0.25, 0.3) is 10.9 Å². The van der Waals surface area contributed by atoms with Gasteiger partial charge in [0.2, 0.25) is 0 Å². The number of carboxylic acids is 1. The van der Waals surface area contributed by atoms with E-state index in [1.165, 1.54) is 12.1 Å². The molecule has 0 aliphatic carbocycles. The Morgan fingerprint density at radius 1 is 1.50 bits per heavy atom. The first-order chi connectivity index (χ1) is 9.49. The van der Waals surface area contributed by atoms with E-state index in [2.05, 4.69) is 4.98 Å².